The predicted molar refractivity (Wildman–Crippen MR) is 135 cm³/mol. The van der Waals surface area contributed by atoms with Crippen LogP contribution in [-0.4, -0.2) is 45.6 Å². The van der Waals surface area contributed by atoms with E-state index in [4.69, 9.17) is 4.74 Å². The van der Waals surface area contributed by atoms with Crippen molar-refractivity contribution in [2.75, 3.05) is 20.2 Å². The second kappa shape index (κ2) is 10.1. The molecule has 0 fully saturated rings. The van der Waals surface area contributed by atoms with Crippen molar-refractivity contribution in [3.05, 3.63) is 64.6 Å². The molecule has 0 amide bonds. The first kappa shape index (κ1) is 24.7. The lowest BCUT2D eigenvalue weighted by molar-refractivity contribution is 0.0478. The maximum atomic E-state index is 15.8. The minimum Gasteiger partial charge on any atom is -0.463 e. The second-order valence-corrected chi connectivity index (χ2v) is 8.83. The van der Waals surface area contributed by atoms with Gasteiger partial charge in [0.15, 0.2) is 5.82 Å². The molecule has 0 aliphatic rings. The van der Waals surface area contributed by atoms with Gasteiger partial charge in [0.2, 0.25) is 0 Å². The lowest BCUT2D eigenvalue weighted by atomic mass is 9.90. The molecule has 6 nitrogen and oxygen atoms in total. The van der Waals surface area contributed by atoms with Crippen LogP contribution in [0.2, 0.25) is 0 Å². The number of nitrogens with zero attached hydrogens (tertiary/aromatic N) is 3. The average molecular weight is 481 g/mol. The van der Waals surface area contributed by atoms with Gasteiger partial charge in [0.25, 0.3) is 11.6 Å². The number of likely N-dealkylation sites (N-methyl/N-ethyl adjacent to an activating group) is 1. The summed E-state index contributed by atoms with van der Waals surface area (Å²) in [7, 11) is 2.04. The molecule has 1 N–H and O–H groups in total. The van der Waals surface area contributed by atoms with Crippen LogP contribution in [0.5, 0.6) is 6.01 Å². The summed E-state index contributed by atoms with van der Waals surface area (Å²) in [4.78, 5) is 26.0. The fraction of sp³-hybridized carbons (Fsp3) is 0.370. The number of hydrogen-bond donors (Lipinski definition) is 1. The molecule has 35 heavy (non-hydrogen) atoms. The van der Waals surface area contributed by atoms with Crippen LogP contribution in [0.25, 0.3) is 32.9 Å². The molecule has 0 spiro atoms. The normalized spacial score (nSPS) is 13.5. The SMILES string of the molecule is CCCC(CC)(COc1nc2c(F)c(-c3cccc4cccc(F)c34)ncc2c(=O)[nH]1)N(C)CC. The number of rotatable bonds is 9. The van der Waals surface area contributed by atoms with Crippen LogP contribution in [0.4, 0.5) is 8.78 Å². The molecule has 4 aromatic rings. The van der Waals surface area contributed by atoms with Gasteiger partial charge in [0, 0.05) is 17.1 Å². The molecule has 0 aliphatic carbocycles. The molecular weight excluding hydrogens is 450 g/mol. The summed E-state index contributed by atoms with van der Waals surface area (Å²) in [5, 5.41) is 0.885. The number of nitrogens with one attached hydrogen (secondary N) is 1. The first-order valence-corrected chi connectivity index (χ1v) is 11.9. The Bertz CT molecular complexity index is 1420. The fourth-order valence-electron chi connectivity index (χ4n) is 4.72. The summed E-state index contributed by atoms with van der Waals surface area (Å²) in [5.74, 6) is -1.27. The average Bonchev–Trinajstić information content (AvgIpc) is 2.86. The number of aromatic amines is 1. The van der Waals surface area contributed by atoms with Crippen molar-refractivity contribution >= 4 is 21.7 Å². The van der Waals surface area contributed by atoms with Gasteiger partial charge in [-0.1, -0.05) is 57.5 Å². The van der Waals surface area contributed by atoms with E-state index in [1.54, 1.807) is 30.3 Å². The van der Waals surface area contributed by atoms with Crippen molar-refractivity contribution in [3.8, 4) is 17.3 Å². The predicted octanol–water partition coefficient (Wildman–Crippen LogP) is 5.70. The van der Waals surface area contributed by atoms with Gasteiger partial charge < -0.3 is 4.74 Å². The van der Waals surface area contributed by atoms with Crippen molar-refractivity contribution in [3.63, 3.8) is 0 Å². The van der Waals surface area contributed by atoms with E-state index in [0.29, 0.717) is 17.6 Å². The zero-order valence-corrected chi connectivity index (χ0v) is 20.5. The first-order valence-electron chi connectivity index (χ1n) is 11.9. The third-order valence-corrected chi connectivity index (χ3v) is 6.92. The van der Waals surface area contributed by atoms with E-state index < -0.39 is 17.2 Å². The third kappa shape index (κ3) is 4.50. The highest BCUT2D eigenvalue weighted by molar-refractivity contribution is 5.97. The standard InChI is InChI=1S/C27H30F2N4O2/c1-5-14-27(6-2,33(4)7-3)16-35-26-31-24-19(25(34)32-26)15-30-23(22(24)29)18-12-8-10-17-11-9-13-20(28)21(17)18/h8-13,15H,5-7,14,16H2,1-4H3,(H,31,32,34). The van der Waals surface area contributed by atoms with E-state index in [9.17, 15) is 9.18 Å². The molecule has 2 aromatic carbocycles. The molecule has 1 atom stereocenters. The monoisotopic (exact) mass is 480 g/mol. The van der Waals surface area contributed by atoms with Gasteiger partial charge in [-0.25, -0.2) is 8.78 Å². The lowest BCUT2D eigenvalue weighted by Gasteiger charge is -2.40. The number of halogens is 2. The van der Waals surface area contributed by atoms with Gasteiger partial charge in [-0.15, -0.1) is 0 Å². The number of aromatic nitrogens is 3. The highest BCUT2D eigenvalue weighted by Gasteiger charge is 2.32. The van der Waals surface area contributed by atoms with Crippen molar-refractivity contribution in [1.82, 2.24) is 19.9 Å². The lowest BCUT2D eigenvalue weighted by Crippen LogP contribution is -2.50. The van der Waals surface area contributed by atoms with Crippen LogP contribution < -0.4 is 10.3 Å². The molecule has 184 valence electrons. The fourth-order valence-corrected chi connectivity index (χ4v) is 4.72. The molecule has 0 aliphatic heterocycles. The maximum Gasteiger partial charge on any atom is 0.297 e. The summed E-state index contributed by atoms with van der Waals surface area (Å²) in [6.45, 7) is 7.43. The molecule has 2 aromatic heterocycles. The van der Waals surface area contributed by atoms with Crippen LogP contribution in [-0.2, 0) is 0 Å². The van der Waals surface area contributed by atoms with Gasteiger partial charge in [0.05, 0.1) is 10.9 Å². The Labute approximate surface area is 203 Å². The molecule has 0 saturated carbocycles. The molecule has 4 rings (SSSR count). The van der Waals surface area contributed by atoms with Crippen LogP contribution in [0.3, 0.4) is 0 Å². The maximum absolute atomic E-state index is 15.8. The smallest absolute Gasteiger partial charge is 0.297 e. The van der Waals surface area contributed by atoms with Crippen LogP contribution in [0.1, 0.15) is 40.0 Å². The van der Waals surface area contributed by atoms with Crippen LogP contribution in [0.15, 0.2) is 47.4 Å². The number of hydrogen-bond acceptors (Lipinski definition) is 5. The van der Waals surface area contributed by atoms with E-state index in [1.165, 1.54) is 12.3 Å². The molecule has 0 saturated heterocycles. The Balaban J connectivity index is 1.79. The van der Waals surface area contributed by atoms with Gasteiger partial charge >= 0.3 is 0 Å². The van der Waals surface area contributed by atoms with Gasteiger partial charge in [-0.2, -0.15) is 4.98 Å². The molecule has 1 unspecified atom stereocenters. The largest absolute Gasteiger partial charge is 0.463 e. The summed E-state index contributed by atoms with van der Waals surface area (Å²) in [5.41, 5.74) is -0.727. The zero-order valence-electron chi connectivity index (χ0n) is 20.5. The molecule has 2 heterocycles. The van der Waals surface area contributed by atoms with E-state index >= 15 is 4.39 Å². The summed E-state index contributed by atoms with van der Waals surface area (Å²) in [6, 6.07) is 9.68. The number of pyridine rings is 1. The highest BCUT2D eigenvalue weighted by Crippen LogP contribution is 2.33. The van der Waals surface area contributed by atoms with Gasteiger partial charge in [-0.3, -0.25) is 19.7 Å². The number of ether oxygens (including phenoxy) is 1. The van der Waals surface area contributed by atoms with Crippen molar-refractivity contribution in [2.45, 2.75) is 45.6 Å². The molecular formula is C27H30F2N4O2. The first-order chi connectivity index (χ1) is 16.8. The number of H-pyrrole nitrogens is 1. The zero-order chi connectivity index (χ0) is 25.2. The Hall–Kier alpha value is -3.39. The Morgan fingerprint density at radius 2 is 1.86 bits per heavy atom. The van der Waals surface area contributed by atoms with Crippen molar-refractivity contribution < 1.29 is 13.5 Å². The van der Waals surface area contributed by atoms with E-state index in [2.05, 4.69) is 40.6 Å². The Kier molecular flexibility index (Phi) is 7.12. The Morgan fingerprint density at radius 3 is 2.54 bits per heavy atom. The highest BCUT2D eigenvalue weighted by atomic mass is 19.1. The summed E-state index contributed by atoms with van der Waals surface area (Å²) < 4.78 is 36.4. The van der Waals surface area contributed by atoms with E-state index in [1.807, 2.05) is 7.05 Å². The second-order valence-electron chi connectivity index (χ2n) is 8.83. The summed E-state index contributed by atoms with van der Waals surface area (Å²) in [6.07, 6.45) is 3.98. The Morgan fingerprint density at radius 1 is 1.11 bits per heavy atom. The topological polar surface area (TPSA) is 71.1 Å². The minimum absolute atomic E-state index is 0.000276. The van der Waals surface area contributed by atoms with E-state index in [-0.39, 0.29) is 33.5 Å². The van der Waals surface area contributed by atoms with Crippen molar-refractivity contribution in [2.24, 2.45) is 0 Å². The van der Waals surface area contributed by atoms with Crippen molar-refractivity contribution in [1.29, 1.82) is 0 Å². The van der Waals surface area contributed by atoms with Crippen LogP contribution >= 0.6 is 0 Å². The third-order valence-electron chi connectivity index (χ3n) is 6.92. The molecule has 8 heteroatoms. The van der Waals surface area contributed by atoms with Gasteiger partial charge in [0.1, 0.15) is 23.6 Å². The van der Waals surface area contributed by atoms with Gasteiger partial charge in [-0.05, 0) is 37.9 Å². The number of benzene rings is 2. The van der Waals surface area contributed by atoms with E-state index in [0.717, 1.165) is 25.8 Å². The minimum atomic E-state index is -0.796. The summed E-state index contributed by atoms with van der Waals surface area (Å²) >= 11 is 0. The van der Waals surface area contributed by atoms with Crippen LogP contribution in [0, 0.1) is 11.6 Å². The quantitative estimate of drug-likeness (QED) is 0.333. The molecule has 0 bridgehead atoms. The number of fused-ring (bicyclic) bond motifs is 2. The molecule has 0 radical (unpaired) electrons.